The minimum atomic E-state index is -1.02. The zero-order valence-corrected chi connectivity index (χ0v) is 15.6. The van der Waals surface area contributed by atoms with E-state index in [-0.39, 0.29) is 23.8 Å². The Labute approximate surface area is 148 Å². The van der Waals surface area contributed by atoms with Gasteiger partial charge in [0.05, 0.1) is 0 Å². The van der Waals surface area contributed by atoms with Gasteiger partial charge in [0, 0.05) is 31.8 Å². The Bertz CT molecular complexity index is 572. The molecule has 0 fully saturated rings. The average Bonchev–Trinajstić information content (AvgIpc) is 2.43. The summed E-state index contributed by atoms with van der Waals surface area (Å²) in [6, 6.07) is 0. The van der Waals surface area contributed by atoms with Crippen molar-refractivity contribution in [3.05, 3.63) is 23.3 Å². The van der Waals surface area contributed by atoms with Gasteiger partial charge in [-0.05, 0) is 31.8 Å². The zero-order chi connectivity index (χ0) is 19.1. The average molecular weight is 352 g/mol. The molecule has 0 bridgehead atoms. The Morgan fingerprint density at radius 1 is 1.16 bits per heavy atom. The van der Waals surface area contributed by atoms with Crippen molar-refractivity contribution in [1.82, 2.24) is 0 Å². The Balaban J connectivity index is 3.38. The van der Waals surface area contributed by atoms with Crippen LogP contribution in [0.5, 0.6) is 0 Å². The van der Waals surface area contributed by atoms with Crippen molar-refractivity contribution in [2.75, 3.05) is 0 Å². The smallest absolute Gasteiger partial charge is 0.331 e. The summed E-state index contributed by atoms with van der Waals surface area (Å²) < 4.78 is 11.0. The lowest BCUT2D eigenvalue weighted by Crippen LogP contribution is -2.40. The third kappa shape index (κ3) is 6.72. The highest BCUT2D eigenvalue weighted by Crippen LogP contribution is 2.31. The topological polar surface area (TPSA) is 89.9 Å². The lowest BCUT2D eigenvalue weighted by molar-refractivity contribution is -0.159. The number of aliphatic carboxylic acids is 1. The van der Waals surface area contributed by atoms with Crippen molar-refractivity contribution in [3.63, 3.8) is 0 Å². The maximum absolute atomic E-state index is 11.6. The normalized spacial score (nSPS) is 29.0. The number of hydrogen-bond acceptors (Lipinski definition) is 5. The predicted octanol–water partition coefficient (Wildman–Crippen LogP) is 3.26. The molecule has 1 N–H and O–H groups in total. The maximum Gasteiger partial charge on any atom is 0.331 e. The van der Waals surface area contributed by atoms with E-state index in [1.165, 1.54) is 13.8 Å². The number of carboxylic acids is 1. The van der Waals surface area contributed by atoms with E-state index in [9.17, 15) is 19.5 Å². The fourth-order valence-corrected chi connectivity index (χ4v) is 3.22. The molecule has 0 saturated carbocycles. The molecule has 6 nitrogen and oxygen atoms in total. The van der Waals surface area contributed by atoms with Gasteiger partial charge in [-0.15, -0.1) is 0 Å². The second-order valence-corrected chi connectivity index (χ2v) is 6.83. The summed E-state index contributed by atoms with van der Waals surface area (Å²) in [6.45, 7) is 8.43. The quantitative estimate of drug-likeness (QED) is 0.617. The van der Waals surface area contributed by atoms with Crippen molar-refractivity contribution in [1.29, 1.82) is 0 Å². The molecule has 0 amide bonds. The fourth-order valence-electron chi connectivity index (χ4n) is 3.22. The van der Waals surface area contributed by atoms with Gasteiger partial charge in [-0.3, -0.25) is 9.59 Å². The molecule has 1 aliphatic carbocycles. The highest BCUT2D eigenvalue weighted by atomic mass is 16.6. The SMILES string of the molecule is CC(=O)O[C@@H]1/C=C(/C)CC/C=C(/C(=O)O)C[C@@H](OC(C)=O)[C@@H]1C(C)C. The van der Waals surface area contributed by atoms with E-state index < -0.39 is 30.1 Å². The zero-order valence-electron chi connectivity index (χ0n) is 15.6. The number of esters is 2. The molecule has 0 aromatic carbocycles. The molecule has 0 aliphatic heterocycles. The van der Waals surface area contributed by atoms with Crippen LogP contribution in [0.1, 0.15) is 53.9 Å². The van der Waals surface area contributed by atoms with Crippen molar-refractivity contribution in [3.8, 4) is 0 Å². The fraction of sp³-hybridized carbons (Fsp3) is 0.632. The molecule has 0 aromatic rings. The molecule has 6 heteroatoms. The Morgan fingerprint density at radius 3 is 2.24 bits per heavy atom. The number of carboxylic acid groups (broad SMARTS) is 1. The molecule has 0 radical (unpaired) electrons. The van der Waals surface area contributed by atoms with Gasteiger partial charge in [0.2, 0.25) is 0 Å². The summed E-state index contributed by atoms with van der Waals surface area (Å²) in [4.78, 5) is 34.7. The van der Waals surface area contributed by atoms with Crippen LogP contribution in [0.25, 0.3) is 0 Å². The molecular weight excluding hydrogens is 324 g/mol. The van der Waals surface area contributed by atoms with Crippen molar-refractivity contribution < 1.29 is 29.0 Å². The van der Waals surface area contributed by atoms with E-state index in [1.807, 2.05) is 26.8 Å². The summed E-state index contributed by atoms with van der Waals surface area (Å²) in [5.74, 6) is -2.27. The Kier molecular flexibility index (Phi) is 7.87. The molecular formula is C19H28O6. The van der Waals surface area contributed by atoms with Gasteiger partial charge >= 0.3 is 17.9 Å². The molecule has 0 saturated heterocycles. The van der Waals surface area contributed by atoms with Gasteiger partial charge in [-0.25, -0.2) is 4.79 Å². The monoisotopic (exact) mass is 352 g/mol. The molecule has 0 unspecified atom stereocenters. The molecule has 25 heavy (non-hydrogen) atoms. The summed E-state index contributed by atoms with van der Waals surface area (Å²) >= 11 is 0. The highest BCUT2D eigenvalue weighted by Gasteiger charge is 2.37. The van der Waals surface area contributed by atoms with E-state index in [0.29, 0.717) is 12.8 Å². The highest BCUT2D eigenvalue weighted by molar-refractivity contribution is 5.86. The summed E-state index contributed by atoms with van der Waals surface area (Å²) in [5.41, 5.74) is 1.22. The lowest BCUT2D eigenvalue weighted by Gasteiger charge is -2.35. The Morgan fingerprint density at radius 2 is 1.76 bits per heavy atom. The number of carbonyl (C=O) groups is 3. The summed E-state index contributed by atoms with van der Waals surface area (Å²) in [6.07, 6.45) is 3.64. The number of rotatable bonds is 4. The number of allylic oxidation sites excluding steroid dienone is 2. The van der Waals surface area contributed by atoms with Gasteiger partial charge in [-0.2, -0.15) is 0 Å². The van der Waals surface area contributed by atoms with Crippen LogP contribution < -0.4 is 0 Å². The standard InChI is InChI=1S/C19H28O6/c1-11(2)18-16(24-13(4)20)9-12(3)7-6-8-15(19(22)23)10-17(18)25-14(5)21/h8-9,11,16-18H,6-7,10H2,1-5H3,(H,22,23)/b12-9-,15-8+/t16-,17-,18-/m1/s1. The Hall–Kier alpha value is -2.11. The van der Waals surface area contributed by atoms with Crippen LogP contribution in [-0.4, -0.2) is 35.2 Å². The van der Waals surface area contributed by atoms with Crippen molar-refractivity contribution in [2.45, 2.75) is 66.1 Å². The molecule has 3 atom stereocenters. The molecule has 140 valence electrons. The van der Waals surface area contributed by atoms with E-state index in [4.69, 9.17) is 9.47 Å². The van der Waals surface area contributed by atoms with Crippen LogP contribution in [0.2, 0.25) is 0 Å². The van der Waals surface area contributed by atoms with Crippen LogP contribution in [0.15, 0.2) is 23.3 Å². The second kappa shape index (κ2) is 9.39. The first-order valence-corrected chi connectivity index (χ1v) is 8.55. The van der Waals surface area contributed by atoms with Crippen LogP contribution in [-0.2, 0) is 23.9 Å². The summed E-state index contributed by atoms with van der Waals surface area (Å²) in [5, 5.41) is 9.46. The summed E-state index contributed by atoms with van der Waals surface area (Å²) in [7, 11) is 0. The minimum Gasteiger partial charge on any atom is -0.478 e. The third-order valence-electron chi connectivity index (χ3n) is 4.27. The second-order valence-electron chi connectivity index (χ2n) is 6.83. The molecule has 0 heterocycles. The predicted molar refractivity (Wildman–Crippen MR) is 92.8 cm³/mol. The van der Waals surface area contributed by atoms with Gasteiger partial charge < -0.3 is 14.6 Å². The van der Waals surface area contributed by atoms with Gasteiger partial charge in [0.15, 0.2) is 0 Å². The first-order valence-electron chi connectivity index (χ1n) is 8.55. The van der Waals surface area contributed by atoms with Crippen molar-refractivity contribution >= 4 is 17.9 Å². The molecule has 0 aromatic heterocycles. The number of carbonyl (C=O) groups excluding carboxylic acids is 2. The van der Waals surface area contributed by atoms with Crippen LogP contribution in [0.3, 0.4) is 0 Å². The van der Waals surface area contributed by atoms with Gasteiger partial charge in [0.25, 0.3) is 0 Å². The number of ether oxygens (including phenoxy) is 2. The van der Waals surface area contributed by atoms with Gasteiger partial charge in [0.1, 0.15) is 12.2 Å². The largest absolute Gasteiger partial charge is 0.478 e. The van der Waals surface area contributed by atoms with Crippen LogP contribution >= 0.6 is 0 Å². The molecule has 1 aliphatic rings. The van der Waals surface area contributed by atoms with E-state index >= 15 is 0 Å². The first-order chi connectivity index (χ1) is 11.6. The lowest BCUT2D eigenvalue weighted by atomic mass is 9.80. The third-order valence-corrected chi connectivity index (χ3v) is 4.27. The first kappa shape index (κ1) is 20.9. The maximum atomic E-state index is 11.6. The minimum absolute atomic E-state index is 0.00669. The van der Waals surface area contributed by atoms with Crippen LogP contribution in [0, 0.1) is 11.8 Å². The molecule has 1 rings (SSSR count). The van der Waals surface area contributed by atoms with E-state index in [2.05, 4.69) is 0 Å². The number of hydrogen-bond donors (Lipinski definition) is 1. The van der Waals surface area contributed by atoms with Crippen molar-refractivity contribution in [2.24, 2.45) is 11.8 Å². The van der Waals surface area contributed by atoms with E-state index in [0.717, 1.165) is 5.57 Å². The van der Waals surface area contributed by atoms with Gasteiger partial charge in [-0.1, -0.05) is 25.5 Å². The molecule has 0 spiro atoms. The van der Waals surface area contributed by atoms with Crippen LogP contribution in [0.4, 0.5) is 0 Å². The van der Waals surface area contributed by atoms with E-state index in [1.54, 1.807) is 6.08 Å².